The van der Waals surface area contributed by atoms with Crippen LogP contribution in [0.1, 0.15) is 17.5 Å². The number of phenols is 2. The second kappa shape index (κ2) is 8.05. The minimum Gasteiger partial charge on any atom is -0.508 e. The van der Waals surface area contributed by atoms with Crippen molar-refractivity contribution < 1.29 is 19.7 Å². The highest BCUT2D eigenvalue weighted by Crippen LogP contribution is 2.38. The van der Waals surface area contributed by atoms with Crippen molar-refractivity contribution in [3.63, 3.8) is 0 Å². The quantitative estimate of drug-likeness (QED) is 0.512. The fourth-order valence-corrected chi connectivity index (χ4v) is 3.72. The molecule has 0 spiro atoms. The summed E-state index contributed by atoms with van der Waals surface area (Å²) in [5.74, 6) is 0.965. The zero-order valence-electron chi connectivity index (χ0n) is 15.6. The Kier molecular flexibility index (Phi) is 5.32. The number of anilines is 1. The Balaban J connectivity index is 1.50. The number of amides is 1. The maximum absolute atomic E-state index is 12.9. The Hall–Kier alpha value is -3.18. The van der Waals surface area contributed by atoms with Gasteiger partial charge in [-0.05, 0) is 67.8 Å². The summed E-state index contributed by atoms with van der Waals surface area (Å²) in [6, 6.07) is 17.2. The second-order valence-electron chi connectivity index (χ2n) is 7.04. The molecule has 0 saturated carbocycles. The van der Waals surface area contributed by atoms with Crippen LogP contribution in [0.3, 0.4) is 0 Å². The monoisotopic (exact) mass is 409 g/mol. The number of carbonyl (C=O) groups is 1. The minimum atomic E-state index is -0.307. The van der Waals surface area contributed by atoms with E-state index in [0.29, 0.717) is 47.0 Å². The number of hydrogen-bond acceptors (Lipinski definition) is 4. The van der Waals surface area contributed by atoms with Gasteiger partial charge in [0, 0.05) is 22.1 Å². The van der Waals surface area contributed by atoms with Crippen molar-refractivity contribution in [2.75, 3.05) is 5.32 Å². The van der Waals surface area contributed by atoms with Gasteiger partial charge >= 0.3 is 0 Å². The van der Waals surface area contributed by atoms with Gasteiger partial charge in [0.15, 0.2) is 5.75 Å². The number of rotatable bonds is 4. The lowest BCUT2D eigenvalue weighted by Gasteiger charge is -2.25. The number of fused-ring (bicyclic) bond motifs is 1. The standard InChI is InChI=1S/C23H20ClNO4/c24-15-6-8-16(9-7-15)29-22-4-2-1-3-19(22)25-23(28)14-5-10-17-18(13-14)21(27)12-11-20(17)26/h1-4,6-9,11-12,14,26-27H,5,10,13H2,(H,25,28). The van der Waals surface area contributed by atoms with Crippen molar-refractivity contribution in [2.45, 2.75) is 19.3 Å². The molecule has 0 fully saturated rings. The molecule has 29 heavy (non-hydrogen) atoms. The van der Waals surface area contributed by atoms with Crippen LogP contribution in [-0.4, -0.2) is 16.1 Å². The molecule has 3 N–H and O–H groups in total. The Morgan fingerprint density at radius 3 is 2.41 bits per heavy atom. The van der Waals surface area contributed by atoms with Crippen LogP contribution in [0.5, 0.6) is 23.0 Å². The van der Waals surface area contributed by atoms with Gasteiger partial charge < -0.3 is 20.3 Å². The van der Waals surface area contributed by atoms with E-state index in [1.807, 2.05) is 12.1 Å². The first-order valence-electron chi connectivity index (χ1n) is 9.37. The van der Waals surface area contributed by atoms with E-state index in [2.05, 4.69) is 5.32 Å². The lowest BCUT2D eigenvalue weighted by Crippen LogP contribution is -2.28. The van der Waals surface area contributed by atoms with Gasteiger partial charge in [0.1, 0.15) is 17.2 Å². The highest BCUT2D eigenvalue weighted by molar-refractivity contribution is 6.30. The minimum absolute atomic E-state index is 0.113. The van der Waals surface area contributed by atoms with Crippen molar-refractivity contribution in [3.05, 3.63) is 76.8 Å². The summed E-state index contributed by atoms with van der Waals surface area (Å²) in [5.41, 5.74) is 1.93. The average Bonchev–Trinajstić information content (AvgIpc) is 2.73. The maximum Gasteiger partial charge on any atom is 0.227 e. The molecule has 0 bridgehead atoms. The predicted molar refractivity (Wildman–Crippen MR) is 112 cm³/mol. The average molecular weight is 410 g/mol. The van der Waals surface area contributed by atoms with Crippen LogP contribution < -0.4 is 10.1 Å². The summed E-state index contributed by atoms with van der Waals surface area (Å²) in [4.78, 5) is 12.9. The van der Waals surface area contributed by atoms with E-state index in [1.54, 1.807) is 36.4 Å². The van der Waals surface area contributed by atoms with E-state index < -0.39 is 0 Å². The second-order valence-corrected chi connectivity index (χ2v) is 7.48. The Morgan fingerprint density at radius 2 is 1.66 bits per heavy atom. The molecule has 0 aliphatic heterocycles. The fourth-order valence-electron chi connectivity index (χ4n) is 3.59. The molecule has 1 aliphatic carbocycles. The summed E-state index contributed by atoms with van der Waals surface area (Å²) in [6.45, 7) is 0. The van der Waals surface area contributed by atoms with Gasteiger partial charge in [-0.15, -0.1) is 0 Å². The van der Waals surface area contributed by atoms with Gasteiger partial charge in [-0.1, -0.05) is 23.7 Å². The summed E-state index contributed by atoms with van der Waals surface area (Å²) >= 11 is 5.91. The molecule has 1 aliphatic rings. The number of ether oxygens (including phenoxy) is 1. The third-order valence-electron chi connectivity index (χ3n) is 5.13. The number of phenolic OH excluding ortho intramolecular Hbond substituents is 2. The number of halogens is 1. The van der Waals surface area contributed by atoms with Gasteiger partial charge in [0.25, 0.3) is 0 Å². The molecule has 0 saturated heterocycles. The van der Waals surface area contributed by atoms with Crippen LogP contribution in [0.15, 0.2) is 60.7 Å². The molecule has 5 nitrogen and oxygen atoms in total. The van der Waals surface area contributed by atoms with E-state index in [1.165, 1.54) is 12.1 Å². The van der Waals surface area contributed by atoms with Gasteiger partial charge in [0.05, 0.1) is 5.69 Å². The number of carbonyl (C=O) groups excluding carboxylic acids is 1. The number of benzene rings is 3. The SMILES string of the molecule is O=C(Nc1ccccc1Oc1ccc(Cl)cc1)C1CCc2c(O)ccc(O)c2C1. The Morgan fingerprint density at radius 1 is 0.966 bits per heavy atom. The molecule has 0 radical (unpaired) electrons. The summed E-state index contributed by atoms with van der Waals surface area (Å²) in [6.07, 6.45) is 1.51. The fraction of sp³-hybridized carbons (Fsp3) is 0.174. The van der Waals surface area contributed by atoms with Crippen LogP contribution >= 0.6 is 11.6 Å². The summed E-state index contributed by atoms with van der Waals surface area (Å²) in [7, 11) is 0. The highest BCUT2D eigenvalue weighted by atomic mass is 35.5. The summed E-state index contributed by atoms with van der Waals surface area (Å²) in [5, 5.41) is 23.7. The zero-order valence-corrected chi connectivity index (χ0v) is 16.3. The Labute approximate surface area is 173 Å². The summed E-state index contributed by atoms with van der Waals surface area (Å²) < 4.78 is 5.90. The lowest BCUT2D eigenvalue weighted by molar-refractivity contribution is -0.120. The van der Waals surface area contributed by atoms with Crippen molar-refractivity contribution in [3.8, 4) is 23.0 Å². The highest BCUT2D eigenvalue weighted by Gasteiger charge is 2.28. The molecule has 3 aromatic carbocycles. The van der Waals surface area contributed by atoms with Gasteiger partial charge in [-0.3, -0.25) is 4.79 Å². The molecular weight excluding hydrogens is 390 g/mol. The van der Waals surface area contributed by atoms with Gasteiger partial charge in [0.2, 0.25) is 5.91 Å². The molecule has 1 atom stereocenters. The predicted octanol–water partition coefficient (Wildman–Crippen LogP) is 5.29. The van der Waals surface area contributed by atoms with E-state index in [4.69, 9.17) is 16.3 Å². The first-order valence-corrected chi connectivity index (χ1v) is 9.75. The van der Waals surface area contributed by atoms with E-state index in [-0.39, 0.29) is 23.3 Å². The van der Waals surface area contributed by atoms with Crippen LogP contribution in [0.25, 0.3) is 0 Å². The molecule has 6 heteroatoms. The number of nitrogens with one attached hydrogen (secondary N) is 1. The number of hydrogen-bond donors (Lipinski definition) is 3. The maximum atomic E-state index is 12.9. The Bertz CT molecular complexity index is 1050. The molecule has 0 aromatic heterocycles. The lowest BCUT2D eigenvalue weighted by atomic mass is 9.82. The molecule has 148 valence electrons. The first-order chi connectivity index (χ1) is 14.0. The van der Waals surface area contributed by atoms with E-state index in [0.717, 1.165) is 5.56 Å². The van der Waals surface area contributed by atoms with Gasteiger partial charge in [-0.2, -0.15) is 0 Å². The normalized spacial score (nSPS) is 15.4. The topological polar surface area (TPSA) is 78.8 Å². The molecular formula is C23H20ClNO4. The van der Waals surface area contributed by atoms with Crippen molar-refractivity contribution in [1.29, 1.82) is 0 Å². The van der Waals surface area contributed by atoms with Gasteiger partial charge in [-0.25, -0.2) is 0 Å². The van der Waals surface area contributed by atoms with E-state index >= 15 is 0 Å². The van der Waals surface area contributed by atoms with Crippen LogP contribution in [-0.2, 0) is 17.6 Å². The first kappa shape index (κ1) is 19.2. The van der Waals surface area contributed by atoms with Crippen molar-refractivity contribution in [1.82, 2.24) is 0 Å². The largest absolute Gasteiger partial charge is 0.508 e. The molecule has 0 heterocycles. The molecule has 1 unspecified atom stereocenters. The third-order valence-corrected chi connectivity index (χ3v) is 5.38. The molecule has 4 rings (SSSR count). The van der Waals surface area contributed by atoms with Crippen LogP contribution in [0.2, 0.25) is 5.02 Å². The smallest absolute Gasteiger partial charge is 0.227 e. The number of aromatic hydroxyl groups is 2. The zero-order chi connectivity index (χ0) is 20.4. The van der Waals surface area contributed by atoms with Crippen molar-refractivity contribution >= 4 is 23.2 Å². The van der Waals surface area contributed by atoms with Crippen molar-refractivity contribution in [2.24, 2.45) is 5.92 Å². The molecule has 1 amide bonds. The van der Waals surface area contributed by atoms with Crippen LogP contribution in [0.4, 0.5) is 5.69 Å². The van der Waals surface area contributed by atoms with Crippen LogP contribution in [0, 0.1) is 5.92 Å². The third kappa shape index (κ3) is 4.15. The molecule has 3 aromatic rings. The van der Waals surface area contributed by atoms with E-state index in [9.17, 15) is 15.0 Å². The number of para-hydroxylation sites is 2.